The number of rotatable bonds is 12. The van der Waals surface area contributed by atoms with Crippen molar-refractivity contribution in [3.05, 3.63) is 89.7 Å². The normalized spacial score (nSPS) is 23.0. The molecular weight excluding hydrogens is 682 g/mol. The van der Waals surface area contributed by atoms with Gasteiger partial charge in [0, 0.05) is 61.9 Å². The Kier molecular flexibility index (Phi) is 10.6. The minimum atomic E-state index is -3.71. The van der Waals surface area contributed by atoms with Gasteiger partial charge >= 0.3 is 6.09 Å². The topological polar surface area (TPSA) is 122 Å². The zero-order valence-electron chi connectivity index (χ0n) is 29.8. The maximum atomic E-state index is 14.9. The second kappa shape index (κ2) is 15.2. The lowest BCUT2D eigenvalue weighted by atomic mass is 9.57. The van der Waals surface area contributed by atoms with E-state index < -0.39 is 15.9 Å². The lowest BCUT2D eigenvalue weighted by molar-refractivity contribution is 0.0226. The molecule has 1 unspecified atom stereocenters. The molecule has 0 bridgehead atoms. The second-order valence-corrected chi connectivity index (χ2v) is 17.2. The van der Waals surface area contributed by atoms with Crippen molar-refractivity contribution in [3.8, 4) is 0 Å². The van der Waals surface area contributed by atoms with Gasteiger partial charge in [-0.3, -0.25) is 4.79 Å². The number of anilines is 1. The Morgan fingerprint density at radius 2 is 1.54 bits per heavy atom. The zero-order chi connectivity index (χ0) is 36.5. The number of hydrogen-bond acceptors (Lipinski definition) is 7. The van der Waals surface area contributed by atoms with Crippen LogP contribution in [-0.4, -0.2) is 101 Å². The van der Waals surface area contributed by atoms with E-state index in [4.69, 9.17) is 0 Å². The molecule has 3 aromatic rings. The van der Waals surface area contributed by atoms with Gasteiger partial charge < -0.3 is 30.4 Å². The highest BCUT2D eigenvalue weighted by Crippen LogP contribution is 2.51. The third kappa shape index (κ3) is 7.30. The van der Waals surface area contributed by atoms with Crippen molar-refractivity contribution in [1.82, 2.24) is 20.4 Å². The Hall–Kier alpha value is -4.00. The number of halogens is 1. The molecule has 2 amide bonds. The molecule has 3 N–H and O–H groups in total. The first-order chi connectivity index (χ1) is 25.1. The molecule has 7 rings (SSSR count). The van der Waals surface area contributed by atoms with Crippen LogP contribution in [0, 0.1) is 23.6 Å². The third-order valence-corrected chi connectivity index (χ3v) is 14.0. The molecule has 52 heavy (non-hydrogen) atoms. The summed E-state index contributed by atoms with van der Waals surface area (Å²) < 4.78 is 41.4. The molecule has 3 aliphatic heterocycles. The SMILES string of the molecule is CNC(=O)c1ccc(S(=O)(=O)c2ccc(N3CC(CN4CCC(C(CN5CCC5)(c5cccc(F)c5)[C@H]5CCC[C@@H]5NC(=O)O)CC4)C3)cc2)cc1. The van der Waals surface area contributed by atoms with E-state index in [0.717, 1.165) is 102 Å². The molecule has 12 heteroatoms. The number of sulfone groups is 1. The van der Waals surface area contributed by atoms with Crippen molar-refractivity contribution in [3.63, 3.8) is 0 Å². The minimum absolute atomic E-state index is 0.110. The van der Waals surface area contributed by atoms with Crippen molar-refractivity contribution in [2.45, 2.75) is 59.8 Å². The summed E-state index contributed by atoms with van der Waals surface area (Å²) in [6.45, 7) is 7.62. The lowest BCUT2D eigenvalue weighted by Crippen LogP contribution is -2.60. The van der Waals surface area contributed by atoms with Crippen LogP contribution in [0.1, 0.15) is 54.4 Å². The van der Waals surface area contributed by atoms with Gasteiger partial charge in [0.25, 0.3) is 5.91 Å². The van der Waals surface area contributed by atoms with Crippen LogP contribution < -0.4 is 15.5 Å². The van der Waals surface area contributed by atoms with Crippen molar-refractivity contribution in [2.24, 2.45) is 17.8 Å². The van der Waals surface area contributed by atoms with Crippen LogP contribution >= 0.6 is 0 Å². The van der Waals surface area contributed by atoms with Gasteiger partial charge in [-0.05, 0) is 136 Å². The van der Waals surface area contributed by atoms with Crippen LogP contribution in [0.15, 0.2) is 82.6 Å². The predicted molar refractivity (Wildman–Crippen MR) is 198 cm³/mol. The number of benzene rings is 3. The van der Waals surface area contributed by atoms with E-state index >= 15 is 0 Å². The van der Waals surface area contributed by atoms with E-state index in [0.29, 0.717) is 17.4 Å². The van der Waals surface area contributed by atoms with Crippen LogP contribution in [-0.2, 0) is 15.3 Å². The number of carbonyl (C=O) groups excluding carboxylic acids is 1. The first-order valence-corrected chi connectivity index (χ1v) is 20.2. The molecular formula is C40H50FN5O5S. The summed E-state index contributed by atoms with van der Waals surface area (Å²) in [6, 6.07) is 20.0. The van der Waals surface area contributed by atoms with Crippen LogP contribution in [0.5, 0.6) is 0 Å². The Morgan fingerprint density at radius 1 is 0.865 bits per heavy atom. The summed E-state index contributed by atoms with van der Waals surface area (Å²) in [5.41, 5.74) is 2.09. The molecule has 0 radical (unpaired) electrons. The fourth-order valence-corrected chi connectivity index (χ4v) is 10.7. The van der Waals surface area contributed by atoms with Crippen LogP contribution in [0.3, 0.4) is 0 Å². The smallest absolute Gasteiger partial charge is 0.404 e. The van der Waals surface area contributed by atoms with E-state index in [1.54, 1.807) is 18.2 Å². The van der Waals surface area contributed by atoms with Gasteiger partial charge in [-0.2, -0.15) is 0 Å². The molecule has 3 saturated heterocycles. The van der Waals surface area contributed by atoms with Crippen LogP contribution in [0.4, 0.5) is 14.9 Å². The average Bonchev–Trinajstić information content (AvgIpc) is 3.57. The highest BCUT2D eigenvalue weighted by Gasteiger charge is 2.53. The van der Waals surface area contributed by atoms with E-state index in [9.17, 15) is 27.5 Å². The summed E-state index contributed by atoms with van der Waals surface area (Å²) in [4.78, 5) is 31.4. The summed E-state index contributed by atoms with van der Waals surface area (Å²) in [5, 5.41) is 15.2. The summed E-state index contributed by atoms with van der Waals surface area (Å²) in [7, 11) is -2.18. The molecule has 10 nitrogen and oxygen atoms in total. The Bertz CT molecular complexity index is 1840. The lowest BCUT2D eigenvalue weighted by Gasteiger charge is -2.54. The molecule has 0 aromatic heterocycles. The maximum absolute atomic E-state index is 14.9. The van der Waals surface area contributed by atoms with E-state index in [2.05, 4.69) is 31.4 Å². The number of carbonyl (C=O) groups is 2. The van der Waals surface area contributed by atoms with E-state index in [1.165, 1.54) is 37.4 Å². The first kappa shape index (κ1) is 36.4. The molecule has 0 spiro atoms. The fraction of sp³-hybridized carbons (Fsp3) is 0.500. The molecule has 1 aliphatic carbocycles. The third-order valence-electron chi connectivity index (χ3n) is 12.2. The van der Waals surface area contributed by atoms with E-state index in [-0.39, 0.29) is 38.9 Å². The van der Waals surface area contributed by atoms with Gasteiger partial charge in [0.2, 0.25) is 9.84 Å². The minimum Gasteiger partial charge on any atom is -0.465 e. The summed E-state index contributed by atoms with van der Waals surface area (Å²) in [6.07, 6.45) is 4.88. The number of nitrogens with one attached hydrogen (secondary N) is 2. The molecule has 4 fully saturated rings. The van der Waals surface area contributed by atoms with Crippen molar-refractivity contribution >= 4 is 27.5 Å². The zero-order valence-corrected chi connectivity index (χ0v) is 30.7. The second-order valence-electron chi connectivity index (χ2n) is 15.2. The summed E-state index contributed by atoms with van der Waals surface area (Å²) in [5.74, 6) is 0.429. The molecule has 3 heterocycles. The van der Waals surface area contributed by atoms with Crippen molar-refractivity contribution < 1.29 is 27.5 Å². The number of amides is 2. The standard InChI is InChI=1S/C40H50FN5O5S/c1-42-38(47)29-9-13-34(14-10-29)52(50,51)35-15-11-33(12-16-35)46-25-28(26-46)24-44-21-17-30(18-22-44)40(27-45-19-4-20-45,31-5-2-6-32(41)23-31)36-7-3-8-37(36)43-39(48)49/h2,5-6,9-16,23,28,30,36-37,43H,3-4,7-8,17-22,24-27H2,1H3,(H,42,47)(H,48,49)/t36-,37-,40?/m0/s1. The summed E-state index contributed by atoms with van der Waals surface area (Å²) >= 11 is 0. The fourth-order valence-electron chi connectivity index (χ4n) is 9.48. The number of carboxylic acid groups (broad SMARTS) is 1. The average molecular weight is 732 g/mol. The van der Waals surface area contributed by atoms with Gasteiger partial charge in [0.1, 0.15) is 5.82 Å². The molecule has 1 saturated carbocycles. The van der Waals surface area contributed by atoms with Gasteiger partial charge in [0.05, 0.1) is 9.79 Å². The molecule has 3 aromatic carbocycles. The highest BCUT2D eigenvalue weighted by atomic mass is 32.2. The van der Waals surface area contributed by atoms with Crippen molar-refractivity contribution in [1.29, 1.82) is 0 Å². The monoisotopic (exact) mass is 731 g/mol. The van der Waals surface area contributed by atoms with Crippen LogP contribution in [0.25, 0.3) is 0 Å². The quantitative estimate of drug-likeness (QED) is 0.231. The predicted octanol–water partition coefficient (Wildman–Crippen LogP) is 5.25. The molecule has 3 atom stereocenters. The molecule has 4 aliphatic rings. The number of piperidine rings is 1. The van der Waals surface area contributed by atoms with Gasteiger partial charge in [-0.25, -0.2) is 17.6 Å². The number of nitrogens with zero attached hydrogens (tertiary/aromatic N) is 3. The van der Waals surface area contributed by atoms with Crippen molar-refractivity contribution in [2.75, 3.05) is 64.3 Å². The first-order valence-electron chi connectivity index (χ1n) is 18.7. The maximum Gasteiger partial charge on any atom is 0.404 e. The number of hydrogen-bond donors (Lipinski definition) is 3. The van der Waals surface area contributed by atoms with Gasteiger partial charge in [-0.1, -0.05) is 18.6 Å². The Labute approximate surface area is 306 Å². The van der Waals surface area contributed by atoms with Gasteiger partial charge in [-0.15, -0.1) is 0 Å². The largest absolute Gasteiger partial charge is 0.465 e. The van der Waals surface area contributed by atoms with Crippen LogP contribution in [0.2, 0.25) is 0 Å². The number of likely N-dealkylation sites (tertiary alicyclic amines) is 2. The Morgan fingerprint density at radius 3 is 2.13 bits per heavy atom. The molecule has 278 valence electrons. The van der Waals surface area contributed by atoms with Gasteiger partial charge in [0.15, 0.2) is 0 Å². The highest BCUT2D eigenvalue weighted by molar-refractivity contribution is 7.91. The van der Waals surface area contributed by atoms with E-state index in [1.807, 2.05) is 18.2 Å². The Balaban J connectivity index is 0.986.